The molecular formula is C12H15N5O3S. The van der Waals surface area contributed by atoms with E-state index in [1.165, 1.54) is 0 Å². The van der Waals surface area contributed by atoms with Gasteiger partial charge in [0.2, 0.25) is 0 Å². The van der Waals surface area contributed by atoms with E-state index in [1.807, 2.05) is 0 Å². The third-order valence-electron chi connectivity index (χ3n) is 2.64. The van der Waals surface area contributed by atoms with Gasteiger partial charge in [0.1, 0.15) is 15.7 Å². The number of urea groups is 1. The van der Waals surface area contributed by atoms with E-state index in [-0.39, 0.29) is 17.5 Å². The smallest absolute Gasteiger partial charge is 0.347 e. The van der Waals surface area contributed by atoms with Crippen molar-refractivity contribution in [3.8, 4) is 0 Å². The molecule has 2 aromatic heterocycles. The number of H-pyrrole nitrogens is 1. The summed E-state index contributed by atoms with van der Waals surface area (Å²) < 4.78 is 0. The Balaban J connectivity index is 1.73. The minimum atomic E-state index is -1.00. The van der Waals surface area contributed by atoms with Gasteiger partial charge in [-0.25, -0.2) is 19.6 Å². The highest BCUT2D eigenvalue weighted by atomic mass is 32.1. The second-order valence-corrected chi connectivity index (χ2v) is 5.31. The summed E-state index contributed by atoms with van der Waals surface area (Å²) in [5.41, 5.74) is 0.461. The zero-order valence-corrected chi connectivity index (χ0v) is 12.2. The van der Waals surface area contributed by atoms with Crippen LogP contribution in [0.4, 0.5) is 4.79 Å². The molecule has 112 valence electrons. The van der Waals surface area contributed by atoms with Gasteiger partial charge in [0, 0.05) is 25.4 Å². The number of rotatable bonds is 6. The number of aromatic nitrogens is 3. The quantitative estimate of drug-likeness (QED) is 0.632. The van der Waals surface area contributed by atoms with E-state index in [9.17, 15) is 9.59 Å². The van der Waals surface area contributed by atoms with E-state index >= 15 is 0 Å². The molecule has 0 aromatic carbocycles. The molecule has 0 atom stereocenters. The van der Waals surface area contributed by atoms with Gasteiger partial charge in [-0.15, -0.1) is 11.3 Å². The number of carboxylic acids is 1. The van der Waals surface area contributed by atoms with Crippen LogP contribution in [-0.4, -0.2) is 38.6 Å². The number of amides is 2. The maximum absolute atomic E-state index is 11.6. The number of nitrogens with zero attached hydrogens (tertiary/aromatic N) is 2. The Kier molecular flexibility index (Phi) is 4.88. The lowest BCUT2D eigenvalue weighted by molar-refractivity contribution is 0.0701. The predicted molar refractivity (Wildman–Crippen MR) is 76.3 cm³/mol. The SMILES string of the molecule is Cc1nc(CNC(=O)NCCc2ncc[nH]2)sc1C(=O)O. The molecule has 2 amide bonds. The summed E-state index contributed by atoms with van der Waals surface area (Å²) in [7, 11) is 0. The number of aromatic carboxylic acids is 1. The van der Waals surface area contributed by atoms with Crippen LogP contribution in [0.1, 0.15) is 26.2 Å². The van der Waals surface area contributed by atoms with Crippen LogP contribution >= 0.6 is 11.3 Å². The Morgan fingerprint density at radius 3 is 2.86 bits per heavy atom. The van der Waals surface area contributed by atoms with Gasteiger partial charge in [-0.05, 0) is 6.92 Å². The highest BCUT2D eigenvalue weighted by Gasteiger charge is 2.14. The number of carboxylic acid groups (broad SMARTS) is 1. The Morgan fingerprint density at radius 2 is 2.24 bits per heavy atom. The van der Waals surface area contributed by atoms with Crippen LogP contribution in [0.3, 0.4) is 0 Å². The summed E-state index contributed by atoms with van der Waals surface area (Å²) in [6.07, 6.45) is 3.99. The van der Waals surface area contributed by atoms with Gasteiger partial charge in [0.05, 0.1) is 12.2 Å². The summed E-state index contributed by atoms with van der Waals surface area (Å²) in [4.78, 5) is 33.8. The monoisotopic (exact) mass is 309 g/mol. The van der Waals surface area contributed by atoms with E-state index < -0.39 is 5.97 Å². The topological polar surface area (TPSA) is 120 Å². The normalized spacial score (nSPS) is 10.3. The zero-order valence-electron chi connectivity index (χ0n) is 11.3. The maximum atomic E-state index is 11.6. The van der Waals surface area contributed by atoms with Gasteiger partial charge in [-0.2, -0.15) is 0 Å². The van der Waals surface area contributed by atoms with Crippen LogP contribution < -0.4 is 10.6 Å². The van der Waals surface area contributed by atoms with Crippen LogP contribution in [0.25, 0.3) is 0 Å². The summed E-state index contributed by atoms with van der Waals surface area (Å²) in [5, 5.41) is 14.8. The molecule has 0 aliphatic rings. The van der Waals surface area contributed by atoms with Crippen LogP contribution in [0, 0.1) is 6.92 Å². The Bertz CT molecular complexity index is 623. The second kappa shape index (κ2) is 6.84. The van der Waals surface area contributed by atoms with Crippen molar-refractivity contribution >= 4 is 23.3 Å². The van der Waals surface area contributed by atoms with Crippen molar-refractivity contribution in [2.45, 2.75) is 19.9 Å². The van der Waals surface area contributed by atoms with E-state index in [4.69, 9.17) is 5.11 Å². The van der Waals surface area contributed by atoms with E-state index in [2.05, 4.69) is 25.6 Å². The van der Waals surface area contributed by atoms with Crippen molar-refractivity contribution in [1.29, 1.82) is 0 Å². The molecule has 4 N–H and O–H groups in total. The number of aryl methyl sites for hydroxylation is 1. The average molecular weight is 309 g/mol. The molecule has 2 aromatic rings. The first kappa shape index (κ1) is 15.0. The lowest BCUT2D eigenvalue weighted by Crippen LogP contribution is -2.36. The molecule has 0 fully saturated rings. The van der Waals surface area contributed by atoms with Gasteiger partial charge in [0.25, 0.3) is 0 Å². The lowest BCUT2D eigenvalue weighted by Gasteiger charge is -2.05. The number of thiazole rings is 1. The summed E-state index contributed by atoms with van der Waals surface area (Å²) in [5.74, 6) is -0.198. The Hall–Kier alpha value is -2.42. The fraction of sp³-hybridized carbons (Fsp3) is 0.333. The minimum absolute atomic E-state index is 0.199. The lowest BCUT2D eigenvalue weighted by atomic mass is 10.4. The largest absolute Gasteiger partial charge is 0.477 e. The number of hydrogen-bond acceptors (Lipinski definition) is 5. The number of carbonyl (C=O) groups excluding carboxylic acids is 1. The summed E-state index contributed by atoms with van der Waals surface area (Å²) in [6.45, 7) is 2.29. The van der Waals surface area contributed by atoms with Crippen molar-refractivity contribution in [3.63, 3.8) is 0 Å². The maximum Gasteiger partial charge on any atom is 0.347 e. The first-order valence-corrected chi connectivity index (χ1v) is 7.07. The number of aromatic amines is 1. The highest BCUT2D eigenvalue weighted by molar-refractivity contribution is 7.13. The van der Waals surface area contributed by atoms with E-state index in [0.29, 0.717) is 23.7 Å². The first-order valence-electron chi connectivity index (χ1n) is 6.26. The van der Waals surface area contributed by atoms with Crippen molar-refractivity contribution in [3.05, 3.63) is 33.8 Å². The molecule has 0 bridgehead atoms. The van der Waals surface area contributed by atoms with Gasteiger partial charge < -0.3 is 20.7 Å². The molecule has 0 saturated heterocycles. The van der Waals surface area contributed by atoms with Crippen molar-refractivity contribution in [2.75, 3.05) is 6.54 Å². The zero-order chi connectivity index (χ0) is 15.2. The fourth-order valence-corrected chi connectivity index (χ4v) is 2.52. The Morgan fingerprint density at radius 1 is 1.43 bits per heavy atom. The number of nitrogens with one attached hydrogen (secondary N) is 3. The predicted octanol–water partition coefficient (Wildman–Crippen LogP) is 0.915. The third-order valence-corrected chi connectivity index (χ3v) is 3.78. The molecule has 0 unspecified atom stereocenters. The highest BCUT2D eigenvalue weighted by Crippen LogP contribution is 2.17. The van der Waals surface area contributed by atoms with Crippen molar-refractivity contribution in [1.82, 2.24) is 25.6 Å². The summed E-state index contributed by atoms with van der Waals surface area (Å²) >= 11 is 1.06. The second-order valence-electron chi connectivity index (χ2n) is 4.22. The average Bonchev–Trinajstić information content (AvgIpc) is 3.06. The van der Waals surface area contributed by atoms with Gasteiger partial charge in [-0.1, -0.05) is 0 Å². The van der Waals surface area contributed by atoms with Gasteiger partial charge in [0.15, 0.2) is 0 Å². The number of hydrogen-bond donors (Lipinski definition) is 4. The number of imidazole rings is 1. The summed E-state index contributed by atoms with van der Waals surface area (Å²) in [6, 6.07) is -0.328. The van der Waals surface area contributed by atoms with Gasteiger partial charge >= 0.3 is 12.0 Å². The third kappa shape index (κ3) is 4.28. The van der Waals surface area contributed by atoms with E-state index in [1.54, 1.807) is 19.3 Å². The molecule has 0 aliphatic carbocycles. The molecule has 8 nitrogen and oxygen atoms in total. The minimum Gasteiger partial charge on any atom is -0.477 e. The van der Waals surface area contributed by atoms with Crippen LogP contribution in [0.15, 0.2) is 12.4 Å². The molecule has 2 heterocycles. The molecule has 0 aliphatic heterocycles. The van der Waals surface area contributed by atoms with Gasteiger partial charge in [-0.3, -0.25) is 0 Å². The van der Waals surface area contributed by atoms with E-state index in [0.717, 1.165) is 17.2 Å². The number of carbonyl (C=O) groups is 2. The molecule has 9 heteroatoms. The molecule has 0 spiro atoms. The molecule has 0 saturated carbocycles. The fourth-order valence-electron chi connectivity index (χ4n) is 1.67. The standard InChI is InChI=1S/C12H15N5O3S/c1-7-10(11(18)19)21-9(17-7)6-16-12(20)15-3-2-8-13-4-5-14-8/h4-5H,2-3,6H2,1H3,(H,13,14)(H,18,19)(H2,15,16,20). The van der Waals surface area contributed by atoms with Crippen LogP contribution in [0.2, 0.25) is 0 Å². The molecule has 0 radical (unpaired) electrons. The molecule has 2 rings (SSSR count). The molecule has 21 heavy (non-hydrogen) atoms. The van der Waals surface area contributed by atoms with Crippen molar-refractivity contribution in [2.24, 2.45) is 0 Å². The Labute approximate surface area is 124 Å². The van der Waals surface area contributed by atoms with Crippen molar-refractivity contribution < 1.29 is 14.7 Å². The molecular weight excluding hydrogens is 294 g/mol. The first-order chi connectivity index (χ1) is 10.1. The van der Waals surface area contributed by atoms with Crippen LogP contribution in [-0.2, 0) is 13.0 Å². The van der Waals surface area contributed by atoms with Crippen LogP contribution in [0.5, 0.6) is 0 Å².